The van der Waals surface area contributed by atoms with Crippen LogP contribution in [0.4, 0.5) is 0 Å². The number of hydrogen-bond donors (Lipinski definition) is 0. The average Bonchev–Trinajstić information content (AvgIpc) is 3.56. The van der Waals surface area contributed by atoms with Crippen LogP contribution in [0.5, 0.6) is 0 Å². The van der Waals surface area contributed by atoms with Crippen molar-refractivity contribution in [2.45, 2.75) is 31.3 Å². The van der Waals surface area contributed by atoms with Gasteiger partial charge in [-0.3, -0.25) is 4.57 Å². The van der Waals surface area contributed by atoms with E-state index in [4.69, 9.17) is 8.83 Å². The second-order valence-corrected chi connectivity index (χ2v) is 8.38. The molecule has 0 atom stereocenters. The van der Waals surface area contributed by atoms with Crippen LogP contribution in [0.2, 0.25) is 0 Å². The van der Waals surface area contributed by atoms with Gasteiger partial charge in [0.2, 0.25) is 11.8 Å². The van der Waals surface area contributed by atoms with E-state index < -0.39 is 0 Å². The largest absolute Gasteiger partial charge is 0.467 e. The Kier molecular flexibility index (Phi) is 5.60. The molecule has 0 radical (unpaired) electrons. The Morgan fingerprint density at radius 2 is 1.72 bits per heavy atom. The first-order valence-electron chi connectivity index (χ1n) is 10.2. The molecule has 0 saturated heterocycles. The molecular weight excluding hydrogens is 422 g/mol. The normalized spacial score (nSPS) is 11.2. The van der Waals surface area contributed by atoms with Crippen LogP contribution in [0, 0.1) is 13.8 Å². The maximum atomic E-state index is 5.87. The molecule has 2 aromatic carbocycles. The van der Waals surface area contributed by atoms with Gasteiger partial charge in [-0.2, -0.15) is 0 Å². The Morgan fingerprint density at radius 3 is 2.50 bits per heavy atom. The molecular formula is C24H21N5O2S. The third kappa shape index (κ3) is 4.22. The first-order valence-corrected chi connectivity index (χ1v) is 11.2. The van der Waals surface area contributed by atoms with Crippen molar-refractivity contribution in [1.82, 2.24) is 25.0 Å². The minimum Gasteiger partial charge on any atom is -0.467 e. The van der Waals surface area contributed by atoms with Crippen LogP contribution >= 0.6 is 11.8 Å². The fraction of sp³-hybridized carbons (Fsp3) is 0.167. The van der Waals surface area contributed by atoms with Crippen molar-refractivity contribution < 1.29 is 8.83 Å². The van der Waals surface area contributed by atoms with Crippen molar-refractivity contribution in [2.24, 2.45) is 0 Å². The van der Waals surface area contributed by atoms with Gasteiger partial charge < -0.3 is 8.83 Å². The Labute approximate surface area is 189 Å². The highest BCUT2D eigenvalue weighted by Crippen LogP contribution is 2.29. The summed E-state index contributed by atoms with van der Waals surface area (Å²) < 4.78 is 13.5. The molecule has 3 heterocycles. The van der Waals surface area contributed by atoms with Gasteiger partial charge in [-0.15, -0.1) is 20.4 Å². The lowest BCUT2D eigenvalue weighted by Gasteiger charge is -2.10. The summed E-state index contributed by atoms with van der Waals surface area (Å²) in [4.78, 5) is 0. The summed E-state index contributed by atoms with van der Waals surface area (Å²) in [5, 5.41) is 18.1. The molecule has 5 aromatic rings. The van der Waals surface area contributed by atoms with E-state index in [2.05, 4.69) is 44.0 Å². The van der Waals surface area contributed by atoms with Crippen molar-refractivity contribution in [1.29, 1.82) is 0 Å². The van der Waals surface area contributed by atoms with Crippen LogP contribution in [0.15, 0.2) is 80.9 Å². The monoisotopic (exact) mass is 443 g/mol. The van der Waals surface area contributed by atoms with Gasteiger partial charge in [0.05, 0.1) is 18.6 Å². The zero-order chi connectivity index (χ0) is 21.9. The SMILES string of the molecule is Cc1ccc(-c2nnc(CSc3nnc(-c4ccccc4C)n3Cc3ccco3)o2)cc1. The molecule has 0 aliphatic carbocycles. The molecule has 0 aliphatic heterocycles. The standard InChI is InChI=1S/C24H21N5O2S/c1-16-9-11-18(12-10-16)23-27-25-21(31-23)15-32-24-28-26-22(20-8-4-3-6-17(20)2)29(24)14-19-7-5-13-30-19/h3-13H,14-15H2,1-2H3. The predicted octanol–water partition coefficient (Wildman–Crippen LogP) is 5.55. The van der Waals surface area contributed by atoms with Crippen molar-refractivity contribution in [3.63, 3.8) is 0 Å². The van der Waals surface area contributed by atoms with Gasteiger partial charge >= 0.3 is 0 Å². The van der Waals surface area contributed by atoms with Crippen LogP contribution in [0.1, 0.15) is 22.8 Å². The molecule has 0 aliphatic rings. The highest BCUT2D eigenvalue weighted by molar-refractivity contribution is 7.98. The minimum atomic E-state index is 0.489. The molecule has 0 unspecified atom stereocenters. The molecule has 160 valence electrons. The summed E-state index contributed by atoms with van der Waals surface area (Å²) in [5.74, 6) is 3.17. The molecule has 0 saturated carbocycles. The van der Waals surface area contributed by atoms with Gasteiger partial charge in [-0.25, -0.2) is 0 Å². The predicted molar refractivity (Wildman–Crippen MR) is 122 cm³/mol. The second-order valence-electron chi connectivity index (χ2n) is 7.44. The summed E-state index contributed by atoms with van der Waals surface area (Å²) in [5.41, 5.74) is 4.27. The smallest absolute Gasteiger partial charge is 0.247 e. The number of nitrogens with zero attached hydrogens (tertiary/aromatic N) is 5. The van der Waals surface area contributed by atoms with Crippen molar-refractivity contribution in [3.8, 4) is 22.8 Å². The van der Waals surface area contributed by atoms with Gasteiger partial charge in [0.25, 0.3) is 0 Å². The Hall–Kier alpha value is -3.65. The van der Waals surface area contributed by atoms with E-state index in [1.807, 2.05) is 55.5 Å². The van der Waals surface area contributed by atoms with E-state index in [1.165, 1.54) is 17.3 Å². The third-order valence-electron chi connectivity index (χ3n) is 5.09. The van der Waals surface area contributed by atoms with Gasteiger partial charge in [0.1, 0.15) is 5.76 Å². The lowest BCUT2D eigenvalue weighted by molar-refractivity contribution is 0.485. The van der Waals surface area contributed by atoms with Gasteiger partial charge in [0, 0.05) is 11.1 Å². The van der Waals surface area contributed by atoms with E-state index in [0.29, 0.717) is 24.1 Å². The van der Waals surface area contributed by atoms with Crippen LogP contribution in [0.3, 0.4) is 0 Å². The zero-order valence-electron chi connectivity index (χ0n) is 17.7. The molecule has 0 bridgehead atoms. The Bertz CT molecular complexity index is 1320. The number of furan rings is 1. The molecule has 3 aromatic heterocycles. The van der Waals surface area contributed by atoms with Crippen molar-refractivity contribution >= 4 is 11.8 Å². The van der Waals surface area contributed by atoms with E-state index in [9.17, 15) is 0 Å². The maximum absolute atomic E-state index is 5.87. The van der Waals surface area contributed by atoms with E-state index >= 15 is 0 Å². The fourth-order valence-corrected chi connectivity index (χ4v) is 4.15. The van der Waals surface area contributed by atoms with Gasteiger partial charge in [-0.1, -0.05) is 53.7 Å². The number of aryl methyl sites for hydroxylation is 2. The molecule has 5 rings (SSSR count). The van der Waals surface area contributed by atoms with E-state index in [-0.39, 0.29) is 0 Å². The first kappa shape index (κ1) is 20.3. The molecule has 32 heavy (non-hydrogen) atoms. The highest BCUT2D eigenvalue weighted by atomic mass is 32.2. The average molecular weight is 444 g/mol. The Balaban J connectivity index is 1.40. The van der Waals surface area contributed by atoms with Crippen LogP contribution in [-0.4, -0.2) is 25.0 Å². The lowest BCUT2D eigenvalue weighted by atomic mass is 10.1. The minimum absolute atomic E-state index is 0.489. The second kappa shape index (κ2) is 8.84. The molecule has 7 nitrogen and oxygen atoms in total. The maximum Gasteiger partial charge on any atom is 0.247 e. The van der Waals surface area contributed by atoms with Crippen molar-refractivity contribution in [3.05, 3.63) is 89.7 Å². The summed E-state index contributed by atoms with van der Waals surface area (Å²) in [6.07, 6.45) is 1.67. The zero-order valence-corrected chi connectivity index (χ0v) is 18.5. The third-order valence-corrected chi connectivity index (χ3v) is 6.04. The highest BCUT2D eigenvalue weighted by Gasteiger charge is 2.18. The lowest BCUT2D eigenvalue weighted by Crippen LogP contribution is -2.04. The molecule has 0 spiro atoms. The Morgan fingerprint density at radius 1 is 0.875 bits per heavy atom. The summed E-state index contributed by atoms with van der Waals surface area (Å²) >= 11 is 1.51. The van der Waals surface area contributed by atoms with Crippen LogP contribution in [-0.2, 0) is 12.3 Å². The van der Waals surface area contributed by atoms with Gasteiger partial charge in [-0.05, 0) is 43.7 Å². The number of benzene rings is 2. The summed E-state index contributed by atoms with van der Waals surface area (Å²) in [7, 11) is 0. The molecule has 0 N–H and O–H groups in total. The topological polar surface area (TPSA) is 82.8 Å². The van der Waals surface area contributed by atoms with Crippen LogP contribution in [0.25, 0.3) is 22.8 Å². The van der Waals surface area contributed by atoms with Gasteiger partial charge in [0.15, 0.2) is 11.0 Å². The summed E-state index contributed by atoms with van der Waals surface area (Å²) in [6.45, 7) is 4.65. The van der Waals surface area contributed by atoms with Crippen LogP contribution < -0.4 is 0 Å². The molecule has 0 fully saturated rings. The van der Waals surface area contributed by atoms with E-state index in [0.717, 1.165) is 33.4 Å². The van der Waals surface area contributed by atoms with Crippen molar-refractivity contribution in [2.75, 3.05) is 0 Å². The molecule has 8 heteroatoms. The quantitative estimate of drug-likeness (QED) is 0.305. The fourth-order valence-electron chi connectivity index (χ4n) is 3.37. The first-order chi connectivity index (χ1) is 15.7. The number of aromatic nitrogens is 5. The number of hydrogen-bond acceptors (Lipinski definition) is 7. The summed E-state index contributed by atoms with van der Waals surface area (Å²) in [6, 6.07) is 20.0. The molecule has 0 amide bonds. The number of thioether (sulfide) groups is 1. The van der Waals surface area contributed by atoms with E-state index in [1.54, 1.807) is 6.26 Å². The number of rotatable bonds is 7.